The Bertz CT molecular complexity index is 616. The molecule has 2 rings (SSSR count). The highest BCUT2D eigenvalue weighted by atomic mass is 16.6. The minimum Gasteiger partial charge on any atom is -0.460 e. The van der Waals surface area contributed by atoms with Crippen LogP contribution in [0.5, 0.6) is 0 Å². The Hall–Kier alpha value is -2.03. The second-order valence-corrected chi connectivity index (χ2v) is 5.86. The van der Waals surface area contributed by atoms with Crippen molar-refractivity contribution in [3.05, 3.63) is 47.2 Å². The number of benzene rings is 1. The zero-order valence-corrected chi connectivity index (χ0v) is 12.6. The van der Waals surface area contributed by atoms with Gasteiger partial charge in [-0.3, -0.25) is 0 Å². The lowest BCUT2D eigenvalue weighted by Crippen LogP contribution is -2.24. The molecule has 1 aromatic heterocycles. The van der Waals surface area contributed by atoms with E-state index >= 15 is 0 Å². The third kappa shape index (κ3) is 2.93. The lowest BCUT2D eigenvalue weighted by Gasteiger charge is -2.19. The van der Waals surface area contributed by atoms with E-state index < -0.39 is 5.60 Å². The highest BCUT2D eigenvalue weighted by Crippen LogP contribution is 2.31. The number of carbonyl (C=O) groups is 1. The number of furan rings is 1. The standard InChI is InChI=1S/C17H20O3/c1-11-14(16(18)20-17(3,4)5)12(2)19-15(11)13-9-7-6-8-10-13/h6-10H,1-5H3. The molecule has 20 heavy (non-hydrogen) atoms. The maximum atomic E-state index is 12.3. The fourth-order valence-electron chi connectivity index (χ4n) is 2.15. The first-order chi connectivity index (χ1) is 9.29. The van der Waals surface area contributed by atoms with Gasteiger partial charge in [0.25, 0.3) is 0 Å². The number of esters is 1. The summed E-state index contributed by atoms with van der Waals surface area (Å²) in [5, 5.41) is 0. The van der Waals surface area contributed by atoms with Gasteiger partial charge in [-0.05, 0) is 34.6 Å². The first-order valence-electron chi connectivity index (χ1n) is 6.68. The van der Waals surface area contributed by atoms with Crippen LogP contribution in [0.3, 0.4) is 0 Å². The Morgan fingerprint density at radius 1 is 1.10 bits per heavy atom. The second kappa shape index (κ2) is 5.16. The molecule has 106 valence electrons. The molecule has 0 aliphatic heterocycles. The first kappa shape index (κ1) is 14.4. The summed E-state index contributed by atoms with van der Waals surface area (Å²) in [6.45, 7) is 9.24. The predicted molar refractivity (Wildman–Crippen MR) is 78.8 cm³/mol. The number of carbonyl (C=O) groups excluding carboxylic acids is 1. The zero-order valence-electron chi connectivity index (χ0n) is 12.6. The summed E-state index contributed by atoms with van der Waals surface area (Å²) >= 11 is 0. The highest BCUT2D eigenvalue weighted by Gasteiger charge is 2.26. The van der Waals surface area contributed by atoms with E-state index in [-0.39, 0.29) is 5.97 Å². The molecule has 0 aliphatic carbocycles. The van der Waals surface area contributed by atoms with E-state index in [0.29, 0.717) is 11.3 Å². The van der Waals surface area contributed by atoms with Gasteiger partial charge in [0.2, 0.25) is 0 Å². The van der Waals surface area contributed by atoms with Crippen LogP contribution < -0.4 is 0 Å². The van der Waals surface area contributed by atoms with Crippen LogP contribution >= 0.6 is 0 Å². The van der Waals surface area contributed by atoms with Crippen molar-refractivity contribution in [2.45, 2.75) is 40.2 Å². The van der Waals surface area contributed by atoms with E-state index in [4.69, 9.17) is 9.15 Å². The lowest BCUT2D eigenvalue weighted by atomic mass is 10.1. The zero-order chi connectivity index (χ0) is 14.9. The van der Waals surface area contributed by atoms with Crippen molar-refractivity contribution in [1.82, 2.24) is 0 Å². The topological polar surface area (TPSA) is 39.4 Å². The molecule has 3 nitrogen and oxygen atoms in total. The van der Waals surface area contributed by atoms with Crippen molar-refractivity contribution in [2.75, 3.05) is 0 Å². The molecule has 0 aliphatic rings. The highest BCUT2D eigenvalue weighted by molar-refractivity contribution is 5.94. The molecule has 3 heteroatoms. The molecule has 0 saturated heterocycles. The van der Waals surface area contributed by atoms with Crippen molar-refractivity contribution in [3.63, 3.8) is 0 Å². The van der Waals surface area contributed by atoms with Crippen LogP contribution in [-0.2, 0) is 4.74 Å². The average Bonchev–Trinajstić information content (AvgIpc) is 2.64. The van der Waals surface area contributed by atoms with Gasteiger partial charge in [0.05, 0.1) is 0 Å². The summed E-state index contributed by atoms with van der Waals surface area (Å²) in [6, 6.07) is 9.76. The number of hydrogen-bond donors (Lipinski definition) is 0. The van der Waals surface area contributed by atoms with Crippen molar-refractivity contribution in [3.8, 4) is 11.3 Å². The van der Waals surface area contributed by atoms with E-state index in [1.807, 2.05) is 58.0 Å². The van der Waals surface area contributed by atoms with Gasteiger partial charge in [-0.25, -0.2) is 4.79 Å². The molecule has 0 radical (unpaired) electrons. The van der Waals surface area contributed by atoms with Crippen LogP contribution in [-0.4, -0.2) is 11.6 Å². The Morgan fingerprint density at radius 2 is 1.70 bits per heavy atom. The van der Waals surface area contributed by atoms with Gasteiger partial charge >= 0.3 is 5.97 Å². The molecule has 0 spiro atoms. The minimum absolute atomic E-state index is 0.335. The van der Waals surface area contributed by atoms with Crippen LogP contribution in [0.15, 0.2) is 34.7 Å². The van der Waals surface area contributed by atoms with Crippen LogP contribution in [0.25, 0.3) is 11.3 Å². The van der Waals surface area contributed by atoms with E-state index in [9.17, 15) is 4.79 Å². The maximum Gasteiger partial charge on any atom is 0.342 e. The Morgan fingerprint density at radius 3 is 2.25 bits per heavy atom. The van der Waals surface area contributed by atoms with Crippen molar-refractivity contribution < 1.29 is 13.9 Å². The van der Waals surface area contributed by atoms with Crippen LogP contribution in [0.2, 0.25) is 0 Å². The molecule has 0 fully saturated rings. The van der Waals surface area contributed by atoms with E-state index in [0.717, 1.165) is 16.9 Å². The van der Waals surface area contributed by atoms with E-state index in [1.165, 1.54) is 0 Å². The predicted octanol–water partition coefficient (Wildman–Crippen LogP) is 4.52. The van der Waals surface area contributed by atoms with E-state index in [2.05, 4.69) is 0 Å². The van der Waals surface area contributed by atoms with Gasteiger partial charge < -0.3 is 9.15 Å². The van der Waals surface area contributed by atoms with Crippen LogP contribution in [0.4, 0.5) is 0 Å². The van der Waals surface area contributed by atoms with E-state index in [1.54, 1.807) is 6.92 Å². The third-order valence-corrected chi connectivity index (χ3v) is 2.96. The van der Waals surface area contributed by atoms with Gasteiger partial charge in [-0.1, -0.05) is 30.3 Å². The molecule has 0 bridgehead atoms. The first-order valence-corrected chi connectivity index (χ1v) is 6.68. The molecular formula is C17H20O3. The third-order valence-electron chi connectivity index (χ3n) is 2.96. The maximum absolute atomic E-state index is 12.3. The quantitative estimate of drug-likeness (QED) is 0.755. The molecule has 0 saturated carbocycles. The summed E-state index contributed by atoms with van der Waals surface area (Å²) in [4.78, 5) is 12.3. The van der Waals surface area contributed by atoms with Crippen LogP contribution in [0.1, 0.15) is 42.5 Å². The summed E-state index contributed by atoms with van der Waals surface area (Å²) in [6.07, 6.45) is 0. The van der Waals surface area contributed by atoms with Gasteiger partial charge in [0, 0.05) is 11.1 Å². The molecular weight excluding hydrogens is 252 g/mol. The van der Waals surface area contributed by atoms with Gasteiger partial charge in [-0.2, -0.15) is 0 Å². The van der Waals surface area contributed by atoms with Gasteiger partial charge in [0.1, 0.15) is 22.7 Å². The molecule has 2 aromatic rings. The smallest absolute Gasteiger partial charge is 0.342 e. The second-order valence-electron chi connectivity index (χ2n) is 5.86. The number of rotatable bonds is 2. The monoisotopic (exact) mass is 272 g/mol. The summed E-state index contributed by atoms with van der Waals surface area (Å²) in [5.41, 5.74) is 1.80. The fourth-order valence-corrected chi connectivity index (χ4v) is 2.15. The van der Waals surface area contributed by atoms with Crippen LogP contribution in [0, 0.1) is 13.8 Å². The Kier molecular flexibility index (Phi) is 3.71. The summed E-state index contributed by atoms with van der Waals surface area (Å²) in [7, 11) is 0. The fraction of sp³-hybridized carbons (Fsp3) is 0.353. The van der Waals surface area contributed by atoms with Crippen molar-refractivity contribution >= 4 is 5.97 Å². The average molecular weight is 272 g/mol. The van der Waals surface area contributed by atoms with Gasteiger partial charge in [-0.15, -0.1) is 0 Å². The molecule has 0 atom stereocenters. The molecule has 1 aromatic carbocycles. The number of ether oxygens (including phenoxy) is 1. The Balaban J connectivity index is 2.42. The SMILES string of the molecule is Cc1oc(-c2ccccc2)c(C)c1C(=O)OC(C)(C)C. The summed E-state index contributed by atoms with van der Waals surface area (Å²) < 4.78 is 11.2. The largest absolute Gasteiger partial charge is 0.460 e. The lowest BCUT2D eigenvalue weighted by molar-refractivity contribution is 0.00671. The van der Waals surface area contributed by atoms with Crippen molar-refractivity contribution in [1.29, 1.82) is 0 Å². The normalized spacial score (nSPS) is 11.4. The molecule has 0 N–H and O–H groups in total. The Labute approximate surface area is 119 Å². The molecule has 0 amide bonds. The minimum atomic E-state index is -0.514. The summed E-state index contributed by atoms with van der Waals surface area (Å²) in [5.74, 6) is 0.984. The number of hydrogen-bond acceptors (Lipinski definition) is 3. The molecule has 0 unspecified atom stereocenters. The van der Waals surface area contributed by atoms with Crippen molar-refractivity contribution in [2.24, 2.45) is 0 Å². The molecule has 1 heterocycles. The van der Waals surface area contributed by atoms with Gasteiger partial charge in [0.15, 0.2) is 0 Å². The number of aryl methyl sites for hydroxylation is 1.